The number of guanidine groups is 1. The van der Waals surface area contributed by atoms with E-state index in [0.717, 1.165) is 35.6 Å². The smallest absolute Gasteiger partial charge is 0.188 e. The lowest BCUT2D eigenvalue weighted by Crippen LogP contribution is -2.33. The number of ether oxygens (including phenoxy) is 2. The van der Waals surface area contributed by atoms with E-state index in [1.54, 1.807) is 6.20 Å². The summed E-state index contributed by atoms with van der Waals surface area (Å²) in [6.07, 6.45) is 3.71. The van der Waals surface area contributed by atoms with E-state index in [2.05, 4.69) is 28.3 Å². The Balaban J connectivity index is 1.60. The zero-order chi connectivity index (χ0) is 18.4. The van der Waals surface area contributed by atoms with Crippen LogP contribution in [0.3, 0.4) is 0 Å². The molecule has 1 atom stereocenters. The number of benzene rings is 1. The molecular weight excluding hydrogens is 328 g/mol. The number of fused-ring (bicyclic) bond motifs is 1. The summed E-state index contributed by atoms with van der Waals surface area (Å²) in [6, 6.07) is 9.97. The van der Waals surface area contributed by atoms with Crippen LogP contribution in [0.15, 0.2) is 41.5 Å². The maximum atomic E-state index is 5.99. The van der Waals surface area contributed by atoms with Crippen LogP contribution in [0.25, 0.3) is 0 Å². The van der Waals surface area contributed by atoms with E-state index in [-0.39, 0.29) is 6.10 Å². The van der Waals surface area contributed by atoms with Gasteiger partial charge in [-0.1, -0.05) is 6.07 Å². The molecule has 0 amide bonds. The molecule has 0 spiro atoms. The van der Waals surface area contributed by atoms with Crippen LogP contribution in [0.4, 0.5) is 0 Å². The van der Waals surface area contributed by atoms with Crippen molar-refractivity contribution in [2.75, 3.05) is 13.2 Å². The highest BCUT2D eigenvalue weighted by Gasteiger charge is 2.21. The van der Waals surface area contributed by atoms with Gasteiger partial charge in [-0.2, -0.15) is 0 Å². The van der Waals surface area contributed by atoms with Gasteiger partial charge in [0.15, 0.2) is 5.96 Å². The maximum absolute atomic E-state index is 5.99. The van der Waals surface area contributed by atoms with Gasteiger partial charge in [-0.25, -0.2) is 4.99 Å². The number of pyridine rings is 1. The minimum Gasteiger partial charge on any atom is -0.494 e. The first-order valence-corrected chi connectivity index (χ1v) is 9.04. The second-order valence-corrected chi connectivity index (χ2v) is 6.33. The number of aromatic nitrogens is 1. The van der Waals surface area contributed by atoms with Crippen LogP contribution in [-0.2, 0) is 19.4 Å². The molecule has 1 aromatic heterocycles. The Morgan fingerprint density at radius 3 is 3.08 bits per heavy atom. The first-order chi connectivity index (χ1) is 12.7. The molecule has 0 saturated carbocycles. The van der Waals surface area contributed by atoms with Crippen LogP contribution in [0.1, 0.15) is 30.7 Å². The van der Waals surface area contributed by atoms with Crippen LogP contribution in [-0.4, -0.2) is 30.2 Å². The molecule has 1 unspecified atom stereocenters. The molecule has 1 aliphatic heterocycles. The molecule has 6 heteroatoms. The van der Waals surface area contributed by atoms with Crippen molar-refractivity contribution in [2.45, 2.75) is 39.3 Å². The van der Waals surface area contributed by atoms with Crippen LogP contribution < -0.4 is 20.5 Å². The van der Waals surface area contributed by atoms with E-state index in [4.69, 9.17) is 15.2 Å². The number of hydrogen-bond donors (Lipinski definition) is 2. The average molecular weight is 354 g/mol. The minimum absolute atomic E-state index is 0.205. The highest BCUT2D eigenvalue weighted by Crippen LogP contribution is 2.35. The quantitative estimate of drug-likeness (QED) is 0.590. The summed E-state index contributed by atoms with van der Waals surface area (Å²) >= 11 is 0. The summed E-state index contributed by atoms with van der Waals surface area (Å²) in [7, 11) is 0. The van der Waals surface area contributed by atoms with Gasteiger partial charge in [0.2, 0.25) is 0 Å². The Morgan fingerprint density at radius 2 is 2.31 bits per heavy atom. The maximum Gasteiger partial charge on any atom is 0.188 e. The number of nitrogens with zero attached hydrogens (tertiary/aromatic N) is 2. The van der Waals surface area contributed by atoms with E-state index < -0.39 is 0 Å². The predicted molar refractivity (Wildman–Crippen MR) is 103 cm³/mol. The number of nitrogens with two attached hydrogens (primary N) is 1. The third-order valence-corrected chi connectivity index (χ3v) is 4.21. The minimum atomic E-state index is 0.205. The van der Waals surface area contributed by atoms with E-state index in [0.29, 0.717) is 25.7 Å². The fourth-order valence-corrected chi connectivity index (χ4v) is 2.99. The summed E-state index contributed by atoms with van der Waals surface area (Å²) in [5.74, 6) is 2.19. The topological polar surface area (TPSA) is 81.8 Å². The fraction of sp³-hybridized carbons (Fsp3) is 0.400. The first kappa shape index (κ1) is 18.0. The SMILES string of the molecule is CCOc1cc2c(cc1CN=C(N)NCCc1ccccn1)OC(C)C2. The third kappa shape index (κ3) is 4.65. The summed E-state index contributed by atoms with van der Waals surface area (Å²) in [5.41, 5.74) is 9.19. The zero-order valence-corrected chi connectivity index (χ0v) is 15.4. The van der Waals surface area contributed by atoms with Crippen LogP contribution in [0.5, 0.6) is 11.5 Å². The van der Waals surface area contributed by atoms with Gasteiger partial charge in [-0.15, -0.1) is 0 Å². The molecule has 2 aromatic rings. The van der Waals surface area contributed by atoms with Gasteiger partial charge < -0.3 is 20.5 Å². The molecule has 3 rings (SSSR count). The standard InChI is InChI=1S/C20H26N4O2/c1-3-25-18-11-15-10-14(2)26-19(15)12-16(18)13-24-20(21)23-9-7-17-6-4-5-8-22-17/h4-6,8,11-12,14H,3,7,9-10,13H2,1-2H3,(H3,21,23,24). The zero-order valence-electron chi connectivity index (χ0n) is 15.4. The van der Waals surface area contributed by atoms with Crippen molar-refractivity contribution in [1.82, 2.24) is 10.3 Å². The molecule has 0 fully saturated rings. The summed E-state index contributed by atoms with van der Waals surface area (Å²) in [6.45, 7) is 5.80. The first-order valence-electron chi connectivity index (χ1n) is 9.04. The van der Waals surface area contributed by atoms with Crippen molar-refractivity contribution in [3.63, 3.8) is 0 Å². The highest BCUT2D eigenvalue weighted by molar-refractivity contribution is 5.77. The van der Waals surface area contributed by atoms with Gasteiger partial charge in [0.05, 0.1) is 13.2 Å². The Hall–Kier alpha value is -2.76. The second-order valence-electron chi connectivity index (χ2n) is 6.33. The molecule has 0 bridgehead atoms. The lowest BCUT2D eigenvalue weighted by atomic mass is 10.1. The van der Waals surface area contributed by atoms with Gasteiger partial charge in [0.1, 0.15) is 17.6 Å². The number of nitrogens with one attached hydrogen (secondary N) is 1. The van der Waals surface area contributed by atoms with Crippen LogP contribution in [0.2, 0.25) is 0 Å². The van der Waals surface area contributed by atoms with Crippen LogP contribution in [0, 0.1) is 0 Å². The predicted octanol–water partition coefficient (Wildman–Crippen LogP) is 2.45. The van der Waals surface area contributed by atoms with Crippen molar-refractivity contribution < 1.29 is 9.47 Å². The fourth-order valence-electron chi connectivity index (χ4n) is 2.99. The van der Waals surface area contributed by atoms with Crippen molar-refractivity contribution in [3.05, 3.63) is 53.3 Å². The molecule has 2 heterocycles. The van der Waals surface area contributed by atoms with Gasteiger partial charge >= 0.3 is 0 Å². The lowest BCUT2D eigenvalue weighted by Gasteiger charge is -2.12. The van der Waals surface area contributed by atoms with E-state index in [9.17, 15) is 0 Å². The molecule has 1 aliphatic rings. The lowest BCUT2D eigenvalue weighted by molar-refractivity contribution is 0.254. The molecule has 0 saturated heterocycles. The average Bonchev–Trinajstić information content (AvgIpc) is 3.00. The molecule has 6 nitrogen and oxygen atoms in total. The van der Waals surface area contributed by atoms with E-state index >= 15 is 0 Å². The van der Waals surface area contributed by atoms with Gasteiger partial charge in [-0.3, -0.25) is 4.98 Å². The van der Waals surface area contributed by atoms with Crippen LogP contribution >= 0.6 is 0 Å². The van der Waals surface area contributed by atoms with Crippen molar-refractivity contribution in [2.24, 2.45) is 10.7 Å². The normalized spacial score (nSPS) is 16.1. The number of aliphatic imine (C=N–C) groups is 1. The number of hydrogen-bond acceptors (Lipinski definition) is 4. The Bertz CT molecular complexity index is 762. The Morgan fingerprint density at radius 1 is 1.42 bits per heavy atom. The summed E-state index contributed by atoms with van der Waals surface area (Å²) in [4.78, 5) is 8.73. The number of rotatable bonds is 7. The highest BCUT2D eigenvalue weighted by atomic mass is 16.5. The second kappa shape index (κ2) is 8.56. The summed E-state index contributed by atoms with van der Waals surface area (Å²) < 4.78 is 11.6. The largest absolute Gasteiger partial charge is 0.494 e. The third-order valence-electron chi connectivity index (χ3n) is 4.21. The molecule has 0 radical (unpaired) electrons. The van der Waals surface area contributed by atoms with E-state index in [1.165, 1.54) is 5.56 Å². The summed E-state index contributed by atoms with van der Waals surface area (Å²) in [5, 5.41) is 3.13. The van der Waals surface area contributed by atoms with Gasteiger partial charge in [0, 0.05) is 42.4 Å². The van der Waals surface area contributed by atoms with Gasteiger partial charge in [-0.05, 0) is 38.1 Å². The van der Waals surface area contributed by atoms with Crippen molar-refractivity contribution in [3.8, 4) is 11.5 Å². The molecule has 26 heavy (non-hydrogen) atoms. The molecule has 138 valence electrons. The Kier molecular flexibility index (Phi) is 5.94. The van der Waals surface area contributed by atoms with Gasteiger partial charge in [0.25, 0.3) is 0 Å². The molecular formula is C20H26N4O2. The molecule has 0 aliphatic carbocycles. The van der Waals surface area contributed by atoms with Crippen molar-refractivity contribution >= 4 is 5.96 Å². The van der Waals surface area contributed by atoms with E-state index in [1.807, 2.05) is 31.2 Å². The monoisotopic (exact) mass is 354 g/mol. The Labute approximate surface area is 154 Å². The molecule has 3 N–H and O–H groups in total. The van der Waals surface area contributed by atoms with Crippen molar-refractivity contribution in [1.29, 1.82) is 0 Å². The molecule has 1 aromatic carbocycles.